The van der Waals surface area contributed by atoms with Gasteiger partial charge in [-0.25, -0.2) is 0 Å². The topological polar surface area (TPSA) is 69.6 Å². The van der Waals surface area contributed by atoms with Gasteiger partial charge in [-0.15, -0.1) is 0 Å². The molecule has 2 fully saturated rings. The largest absolute Gasteiger partial charge is 0.481 e. The van der Waals surface area contributed by atoms with E-state index in [1.54, 1.807) is 4.90 Å². The minimum absolute atomic E-state index is 0.0174. The highest BCUT2D eigenvalue weighted by molar-refractivity contribution is 5.80. The molecule has 0 aromatic heterocycles. The molecule has 2 atom stereocenters. The molecule has 17 heavy (non-hydrogen) atoms. The molecule has 0 spiro atoms. The average molecular weight is 240 g/mol. The Balaban J connectivity index is 1.91. The molecule has 2 rings (SSSR count). The van der Waals surface area contributed by atoms with E-state index in [9.17, 15) is 9.59 Å². The predicted molar refractivity (Wildman–Crippen MR) is 62.5 cm³/mol. The van der Waals surface area contributed by atoms with Gasteiger partial charge < -0.3 is 15.3 Å². The summed E-state index contributed by atoms with van der Waals surface area (Å²) in [6.45, 7) is 4.87. The number of carboxylic acids is 1. The maximum absolute atomic E-state index is 12.2. The molecule has 5 heteroatoms. The van der Waals surface area contributed by atoms with Gasteiger partial charge in [0.2, 0.25) is 5.91 Å². The molecule has 96 valence electrons. The summed E-state index contributed by atoms with van der Waals surface area (Å²) < 4.78 is 0. The predicted octanol–water partition coefficient (Wildman–Crippen LogP) is 0.165. The Morgan fingerprint density at radius 2 is 2.12 bits per heavy atom. The first-order valence-electron chi connectivity index (χ1n) is 6.32. The molecule has 0 radical (unpaired) electrons. The van der Waals surface area contributed by atoms with E-state index >= 15 is 0 Å². The van der Waals surface area contributed by atoms with Crippen LogP contribution >= 0.6 is 0 Å². The van der Waals surface area contributed by atoms with Crippen molar-refractivity contribution in [2.45, 2.75) is 19.8 Å². The number of hydrogen-bond acceptors (Lipinski definition) is 3. The first-order chi connectivity index (χ1) is 8.09. The third-order valence-corrected chi connectivity index (χ3v) is 3.99. The molecule has 1 unspecified atom stereocenters. The lowest BCUT2D eigenvalue weighted by Gasteiger charge is -2.37. The van der Waals surface area contributed by atoms with E-state index in [1.165, 1.54) is 0 Å². The highest BCUT2D eigenvalue weighted by Crippen LogP contribution is 2.23. The van der Waals surface area contributed by atoms with Gasteiger partial charge in [-0.2, -0.15) is 0 Å². The zero-order valence-corrected chi connectivity index (χ0v) is 10.2. The lowest BCUT2D eigenvalue weighted by Crippen LogP contribution is -2.52. The molecule has 5 nitrogen and oxygen atoms in total. The van der Waals surface area contributed by atoms with Crippen LogP contribution in [-0.2, 0) is 9.59 Å². The lowest BCUT2D eigenvalue weighted by atomic mass is 9.87. The summed E-state index contributed by atoms with van der Waals surface area (Å²) in [5.41, 5.74) is 0. The fourth-order valence-electron chi connectivity index (χ4n) is 2.53. The van der Waals surface area contributed by atoms with Crippen molar-refractivity contribution in [3.8, 4) is 0 Å². The van der Waals surface area contributed by atoms with Crippen molar-refractivity contribution in [2.24, 2.45) is 17.8 Å². The molecule has 0 aliphatic carbocycles. The van der Waals surface area contributed by atoms with Gasteiger partial charge in [-0.3, -0.25) is 9.59 Å². The normalized spacial score (nSPS) is 27.4. The SMILES string of the molecule is CC(C(=O)N1CCC[C@@H](C(=O)O)C1)C1CNC1. The third kappa shape index (κ3) is 2.60. The summed E-state index contributed by atoms with van der Waals surface area (Å²) in [5.74, 6) is -0.584. The second kappa shape index (κ2) is 5.04. The van der Waals surface area contributed by atoms with Crippen molar-refractivity contribution in [1.29, 1.82) is 0 Å². The quantitative estimate of drug-likeness (QED) is 0.737. The highest BCUT2D eigenvalue weighted by atomic mass is 16.4. The van der Waals surface area contributed by atoms with Crippen molar-refractivity contribution < 1.29 is 14.7 Å². The molecule has 2 N–H and O–H groups in total. The number of carbonyl (C=O) groups excluding carboxylic acids is 1. The zero-order valence-electron chi connectivity index (χ0n) is 10.2. The smallest absolute Gasteiger partial charge is 0.308 e. The fourth-order valence-corrected chi connectivity index (χ4v) is 2.53. The van der Waals surface area contributed by atoms with Crippen LogP contribution in [0, 0.1) is 17.8 Å². The Morgan fingerprint density at radius 3 is 2.65 bits per heavy atom. The van der Waals surface area contributed by atoms with Gasteiger partial charge in [0.1, 0.15) is 0 Å². The Labute approximate surface area is 101 Å². The van der Waals surface area contributed by atoms with E-state index in [2.05, 4.69) is 5.32 Å². The van der Waals surface area contributed by atoms with Gasteiger partial charge in [0, 0.05) is 19.0 Å². The van der Waals surface area contributed by atoms with Crippen molar-refractivity contribution in [3.05, 3.63) is 0 Å². The number of amides is 1. The van der Waals surface area contributed by atoms with Crippen LogP contribution in [0.4, 0.5) is 0 Å². The van der Waals surface area contributed by atoms with Crippen molar-refractivity contribution in [1.82, 2.24) is 10.2 Å². The number of nitrogens with one attached hydrogen (secondary N) is 1. The van der Waals surface area contributed by atoms with Crippen LogP contribution < -0.4 is 5.32 Å². The van der Waals surface area contributed by atoms with Gasteiger partial charge in [0.15, 0.2) is 0 Å². The Kier molecular flexibility index (Phi) is 3.66. The van der Waals surface area contributed by atoms with Crippen LogP contribution in [0.25, 0.3) is 0 Å². The average Bonchev–Trinajstić information content (AvgIpc) is 2.25. The van der Waals surface area contributed by atoms with E-state index in [0.717, 1.165) is 19.5 Å². The molecule has 0 saturated carbocycles. The summed E-state index contributed by atoms with van der Waals surface area (Å²) >= 11 is 0. The molecule has 2 saturated heterocycles. The van der Waals surface area contributed by atoms with Crippen LogP contribution in [0.2, 0.25) is 0 Å². The van der Waals surface area contributed by atoms with Crippen LogP contribution in [0.15, 0.2) is 0 Å². The Morgan fingerprint density at radius 1 is 1.41 bits per heavy atom. The maximum atomic E-state index is 12.2. The highest BCUT2D eigenvalue weighted by Gasteiger charge is 2.34. The first kappa shape index (κ1) is 12.4. The third-order valence-electron chi connectivity index (χ3n) is 3.99. The van der Waals surface area contributed by atoms with E-state index < -0.39 is 5.97 Å². The van der Waals surface area contributed by atoms with Crippen molar-refractivity contribution in [2.75, 3.05) is 26.2 Å². The summed E-state index contributed by atoms with van der Waals surface area (Å²) in [4.78, 5) is 24.9. The van der Waals surface area contributed by atoms with Gasteiger partial charge in [-0.1, -0.05) is 6.92 Å². The number of rotatable bonds is 3. The van der Waals surface area contributed by atoms with Crippen LogP contribution in [0.1, 0.15) is 19.8 Å². The second-order valence-electron chi connectivity index (χ2n) is 5.17. The minimum atomic E-state index is -0.777. The molecule has 2 aliphatic rings. The Bertz CT molecular complexity index is 315. The van der Waals surface area contributed by atoms with Gasteiger partial charge in [0.05, 0.1) is 5.92 Å². The van der Waals surface area contributed by atoms with E-state index in [0.29, 0.717) is 25.4 Å². The summed E-state index contributed by atoms with van der Waals surface area (Å²) in [5, 5.41) is 12.2. The standard InChI is InChI=1S/C12H20N2O3/c1-8(10-5-13-6-10)11(15)14-4-2-3-9(7-14)12(16)17/h8-10,13H,2-7H2,1H3,(H,16,17)/t8?,9-/m1/s1. The molecule has 0 aromatic rings. The molecule has 0 aromatic carbocycles. The summed E-state index contributed by atoms with van der Waals surface area (Å²) in [7, 11) is 0. The number of carboxylic acid groups (broad SMARTS) is 1. The molecule has 2 heterocycles. The van der Waals surface area contributed by atoms with E-state index in [1.807, 2.05) is 6.92 Å². The number of hydrogen-bond donors (Lipinski definition) is 2. The molecule has 2 aliphatic heterocycles. The number of nitrogens with zero attached hydrogens (tertiary/aromatic N) is 1. The number of likely N-dealkylation sites (tertiary alicyclic amines) is 1. The monoisotopic (exact) mass is 240 g/mol. The van der Waals surface area contributed by atoms with Crippen LogP contribution in [0.3, 0.4) is 0 Å². The number of aliphatic carboxylic acids is 1. The molecule has 0 bridgehead atoms. The summed E-state index contributed by atoms with van der Waals surface area (Å²) in [6.07, 6.45) is 1.50. The second-order valence-corrected chi connectivity index (χ2v) is 5.17. The molecule has 1 amide bonds. The van der Waals surface area contributed by atoms with Gasteiger partial charge in [-0.05, 0) is 31.8 Å². The van der Waals surface area contributed by atoms with Crippen molar-refractivity contribution >= 4 is 11.9 Å². The van der Waals surface area contributed by atoms with E-state index in [4.69, 9.17) is 5.11 Å². The number of piperidine rings is 1. The minimum Gasteiger partial charge on any atom is -0.481 e. The van der Waals surface area contributed by atoms with Gasteiger partial charge >= 0.3 is 5.97 Å². The maximum Gasteiger partial charge on any atom is 0.308 e. The first-order valence-corrected chi connectivity index (χ1v) is 6.32. The molecular formula is C12H20N2O3. The van der Waals surface area contributed by atoms with Gasteiger partial charge in [0.25, 0.3) is 0 Å². The van der Waals surface area contributed by atoms with Crippen molar-refractivity contribution in [3.63, 3.8) is 0 Å². The number of carbonyl (C=O) groups is 2. The zero-order chi connectivity index (χ0) is 12.4. The Hall–Kier alpha value is -1.10. The lowest BCUT2D eigenvalue weighted by molar-refractivity contribution is -0.147. The summed E-state index contributed by atoms with van der Waals surface area (Å²) in [6, 6.07) is 0. The van der Waals surface area contributed by atoms with Crippen LogP contribution in [-0.4, -0.2) is 48.1 Å². The van der Waals surface area contributed by atoms with E-state index in [-0.39, 0.29) is 17.7 Å². The molecular weight excluding hydrogens is 220 g/mol. The fraction of sp³-hybridized carbons (Fsp3) is 0.833. The van der Waals surface area contributed by atoms with Crippen LogP contribution in [0.5, 0.6) is 0 Å².